The molecule has 0 amide bonds. The van der Waals surface area contributed by atoms with Gasteiger partial charge in [-0.1, -0.05) is 44.6 Å². The molecule has 42 heavy (non-hydrogen) atoms. The molecule has 230 valence electrons. The van der Waals surface area contributed by atoms with Gasteiger partial charge in [0, 0.05) is 42.3 Å². The van der Waals surface area contributed by atoms with Crippen molar-refractivity contribution in [1.82, 2.24) is 4.90 Å². The topological polar surface area (TPSA) is 48.0 Å². The van der Waals surface area contributed by atoms with Crippen LogP contribution in [0.25, 0.3) is 0 Å². The Hall–Kier alpha value is -2.22. The highest BCUT2D eigenvalue weighted by Gasteiger charge is 2.43. The zero-order valence-electron chi connectivity index (χ0n) is 25.8. The second kappa shape index (κ2) is 14.0. The molecule has 1 fully saturated rings. The number of hydrogen-bond acceptors (Lipinski definition) is 5. The molecule has 2 heterocycles. The standard InChI is InChI=1S/C35H46FNO4.BrH/c1-6-17-35(5,26-13-15-27(36)16-14-26)32-23(2)33-31(29-11-8-7-10-28(29)25(4)40-33)34(24(32)3)41-30(38)12-9-18-37-19-21-39-22-20-37;/h8,11,13-16,25,28-29H,6-7,9-10,12,17-22H2,1-5H3;1H. The van der Waals surface area contributed by atoms with E-state index >= 15 is 0 Å². The number of hydrogen-bond donors (Lipinski definition) is 0. The van der Waals surface area contributed by atoms with Crippen LogP contribution in [0.4, 0.5) is 4.39 Å². The minimum Gasteiger partial charge on any atom is -0.490 e. The highest BCUT2D eigenvalue weighted by molar-refractivity contribution is 8.93. The summed E-state index contributed by atoms with van der Waals surface area (Å²) in [7, 11) is 0. The molecule has 0 bridgehead atoms. The van der Waals surface area contributed by atoms with Crippen molar-refractivity contribution >= 4 is 23.0 Å². The molecule has 0 aromatic heterocycles. The van der Waals surface area contributed by atoms with Crippen LogP contribution in [0.3, 0.4) is 0 Å². The quantitative estimate of drug-likeness (QED) is 0.158. The van der Waals surface area contributed by atoms with E-state index in [-0.39, 0.29) is 40.8 Å². The first-order valence-corrected chi connectivity index (χ1v) is 15.5. The van der Waals surface area contributed by atoms with Gasteiger partial charge in [0.1, 0.15) is 17.3 Å². The smallest absolute Gasteiger partial charge is 0.311 e. The maximum Gasteiger partial charge on any atom is 0.311 e. The van der Waals surface area contributed by atoms with Gasteiger partial charge in [0.15, 0.2) is 0 Å². The first-order chi connectivity index (χ1) is 19.7. The summed E-state index contributed by atoms with van der Waals surface area (Å²) in [6, 6.07) is 6.86. The number of halogens is 2. The zero-order chi connectivity index (χ0) is 29.1. The van der Waals surface area contributed by atoms with Gasteiger partial charge in [-0.15, -0.1) is 17.0 Å². The number of nitrogens with zero attached hydrogens (tertiary/aromatic N) is 1. The van der Waals surface area contributed by atoms with Crippen molar-refractivity contribution in [1.29, 1.82) is 0 Å². The van der Waals surface area contributed by atoms with E-state index in [0.29, 0.717) is 18.1 Å². The zero-order valence-corrected chi connectivity index (χ0v) is 27.6. The number of rotatable bonds is 9. The fraction of sp³-hybridized carbons (Fsp3) is 0.571. The number of carbonyl (C=O) groups is 1. The maximum absolute atomic E-state index is 14.0. The first-order valence-electron chi connectivity index (χ1n) is 15.5. The summed E-state index contributed by atoms with van der Waals surface area (Å²) in [5, 5.41) is 0. The molecule has 7 heteroatoms. The van der Waals surface area contributed by atoms with Gasteiger partial charge in [0.05, 0.1) is 19.3 Å². The molecule has 4 atom stereocenters. The van der Waals surface area contributed by atoms with E-state index in [1.165, 1.54) is 12.1 Å². The Labute approximate surface area is 261 Å². The van der Waals surface area contributed by atoms with Crippen molar-refractivity contribution in [3.63, 3.8) is 0 Å². The van der Waals surface area contributed by atoms with E-state index in [9.17, 15) is 9.18 Å². The number of ether oxygens (including phenoxy) is 3. The Bertz CT molecular complexity index is 1270. The third-order valence-corrected chi connectivity index (χ3v) is 9.59. The molecular weight excluding hydrogens is 597 g/mol. The summed E-state index contributed by atoms with van der Waals surface area (Å²) in [5.74, 6) is 1.56. The largest absolute Gasteiger partial charge is 0.490 e. The average Bonchev–Trinajstić information content (AvgIpc) is 2.96. The van der Waals surface area contributed by atoms with Crippen LogP contribution in [0, 0.1) is 25.6 Å². The highest BCUT2D eigenvalue weighted by Crippen LogP contribution is 2.55. The number of carbonyl (C=O) groups excluding carboxylic acids is 1. The van der Waals surface area contributed by atoms with Gasteiger partial charge in [0.2, 0.25) is 0 Å². The summed E-state index contributed by atoms with van der Waals surface area (Å²) < 4.78 is 32.6. The summed E-state index contributed by atoms with van der Waals surface area (Å²) in [5.41, 5.74) is 4.85. The van der Waals surface area contributed by atoms with Gasteiger partial charge in [-0.3, -0.25) is 9.69 Å². The predicted molar refractivity (Wildman–Crippen MR) is 171 cm³/mol. The van der Waals surface area contributed by atoms with Crippen LogP contribution in [-0.4, -0.2) is 49.8 Å². The first kappa shape index (κ1) is 32.7. The second-order valence-electron chi connectivity index (χ2n) is 12.3. The SMILES string of the molecule is Br.CCCC(C)(c1ccc(F)cc1)c1c(C)c(OC(=O)CCCN2CCOCC2)c2c(c1C)OC(C)C1CCC=CC21. The van der Waals surface area contributed by atoms with E-state index in [1.807, 2.05) is 12.1 Å². The lowest BCUT2D eigenvalue weighted by molar-refractivity contribution is -0.134. The number of morpholine rings is 1. The number of esters is 1. The van der Waals surface area contributed by atoms with Crippen molar-refractivity contribution in [3.8, 4) is 11.5 Å². The second-order valence-corrected chi connectivity index (χ2v) is 12.3. The van der Waals surface area contributed by atoms with Crippen LogP contribution in [0.1, 0.15) is 93.0 Å². The molecule has 5 nitrogen and oxygen atoms in total. The Morgan fingerprint density at radius 3 is 2.55 bits per heavy atom. The maximum atomic E-state index is 14.0. The van der Waals surface area contributed by atoms with Crippen LogP contribution >= 0.6 is 17.0 Å². The molecule has 0 radical (unpaired) electrons. The minimum absolute atomic E-state index is 0. The van der Waals surface area contributed by atoms with E-state index < -0.39 is 5.41 Å². The summed E-state index contributed by atoms with van der Waals surface area (Å²) in [4.78, 5) is 15.8. The van der Waals surface area contributed by atoms with Crippen molar-refractivity contribution in [2.75, 3.05) is 32.8 Å². The normalized spacial score (nSPS) is 23.1. The summed E-state index contributed by atoms with van der Waals surface area (Å²) in [6.45, 7) is 15.0. The molecule has 1 aliphatic carbocycles. The lowest BCUT2D eigenvalue weighted by atomic mass is 9.67. The molecule has 2 aliphatic heterocycles. The van der Waals surface area contributed by atoms with Crippen LogP contribution < -0.4 is 9.47 Å². The molecule has 0 saturated carbocycles. The van der Waals surface area contributed by atoms with Crippen LogP contribution in [-0.2, 0) is 14.9 Å². The van der Waals surface area contributed by atoms with Crippen LogP contribution in [0.2, 0.25) is 0 Å². The van der Waals surface area contributed by atoms with Gasteiger partial charge in [-0.25, -0.2) is 4.39 Å². The van der Waals surface area contributed by atoms with Gasteiger partial charge in [0.25, 0.3) is 0 Å². The fourth-order valence-electron chi connectivity index (χ4n) is 7.56. The number of benzene rings is 2. The van der Waals surface area contributed by atoms with Crippen molar-refractivity contribution in [3.05, 3.63) is 70.1 Å². The minimum atomic E-state index is -0.408. The molecule has 0 spiro atoms. The van der Waals surface area contributed by atoms with E-state index in [4.69, 9.17) is 14.2 Å². The van der Waals surface area contributed by atoms with Gasteiger partial charge < -0.3 is 14.2 Å². The van der Waals surface area contributed by atoms with E-state index in [0.717, 1.165) is 98.5 Å². The summed E-state index contributed by atoms with van der Waals surface area (Å²) in [6.07, 6.45) is 9.64. The number of fused-ring (bicyclic) bond motifs is 3. The van der Waals surface area contributed by atoms with E-state index in [1.54, 1.807) is 0 Å². The third kappa shape index (κ3) is 6.48. The van der Waals surface area contributed by atoms with Crippen molar-refractivity contribution in [2.45, 2.75) is 90.6 Å². The molecule has 4 unspecified atom stereocenters. The van der Waals surface area contributed by atoms with Gasteiger partial charge in [-0.05, 0) is 87.4 Å². The molecule has 0 N–H and O–H groups in total. The average molecular weight is 645 g/mol. The molecule has 2 aromatic rings. The van der Waals surface area contributed by atoms with Crippen molar-refractivity contribution in [2.24, 2.45) is 5.92 Å². The monoisotopic (exact) mass is 643 g/mol. The van der Waals surface area contributed by atoms with Gasteiger partial charge in [-0.2, -0.15) is 0 Å². The number of allylic oxidation sites excluding steroid dienone is 2. The van der Waals surface area contributed by atoms with E-state index in [2.05, 4.69) is 51.7 Å². The lowest BCUT2D eigenvalue weighted by Gasteiger charge is -2.43. The fourth-order valence-corrected chi connectivity index (χ4v) is 7.56. The highest BCUT2D eigenvalue weighted by atomic mass is 79.9. The Morgan fingerprint density at radius 2 is 1.86 bits per heavy atom. The van der Waals surface area contributed by atoms with Crippen LogP contribution in [0.5, 0.6) is 11.5 Å². The third-order valence-electron chi connectivity index (χ3n) is 9.59. The summed E-state index contributed by atoms with van der Waals surface area (Å²) >= 11 is 0. The Balaban J connectivity index is 0.00000405. The van der Waals surface area contributed by atoms with Crippen LogP contribution in [0.15, 0.2) is 36.4 Å². The predicted octanol–water partition coefficient (Wildman–Crippen LogP) is 7.98. The van der Waals surface area contributed by atoms with Gasteiger partial charge >= 0.3 is 5.97 Å². The lowest BCUT2D eigenvalue weighted by Crippen LogP contribution is -2.37. The Morgan fingerprint density at radius 1 is 1.14 bits per heavy atom. The molecule has 2 aromatic carbocycles. The molecular formula is C35H47BrFNO4. The van der Waals surface area contributed by atoms with Crippen molar-refractivity contribution < 1.29 is 23.4 Å². The molecule has 5 rings (SSSR count). The molecule has 1 saturated heterocycles. The molecule has 3 aliphatic rings. The Kier molecular flexibility index (Phi) is 10.9.